The van der Waals surface area contributed by atoms with E-state index >= 15 is 0 Å². The molecule has 2 rings (SSSR count). The summed E-state index contributed by atoms with van der Waals surface area (Å²) in [5.74, 6) is 1.56. The largest absolute Gasteiger partial charge is 0.385 e. The average Bonchev–Trinajstić information content (AvgIpc) is 2.53. The van der Waals surface area contributed by atoms with E-state index in [0.29, 0.717) is 0 Å². The van der Waals surface area contributed by atoms with Gasteiger partial charge in [-0.2, -0.15) is 4.98 Å². The standard InChI is InChI=1S/C16H22N4O/c1-20(13-14-7-4-3-5-8-14)16-18-11-9-15(19-16)17-10-6-12-21-2/h3-5,7-9,11H,6,10,12-13H2,1-2H3,(H,17,18,19). The van der Waals surface area contributed by atoms with E-state index in [1.54, 1.807) is 13.3 Å². The molecule has 0 aliphatic rings. The molecular weight excluding hydrogens is 264 g/mol. The third kappa shape index (κ3) is 5.04. The first-order valence-electron chi connectivity index (χ1n) is 7.10. The number of benzene rings is 1. The second kappa shape index (κ2) is 8.21. The minimum atomic E-state index is 0.718. The first kappa shape index (κ1) is 15.3. The maximum atomic E-state index is 5.03. The summed E-state index contributed by atoms with van der Waals surface area (Å²) in [7, 11) is 3.71. The molecule has 0 unspecified atom stereocenters. The zero-order chi connectivity index (χ0) is 14.9. The van der Waals surface area contributed by atoms with Crippen molar-refractivity contribution in [3.05, 3.63) is 48.2 Å². The number of aromatic nitrogens is 2. The van der Waals surface area contributed by atoms with Crippen LogP contribution in [0.2, 0.25) is 0 Å². The maximum Gasteiger partial charge on any atom is 0.227 e. The highest BCUT2D eigenvalue weighted by atomic mass is 16.5. The SMILES string of the molecule is COCCCNc1ccnc(N(C)Cc2ccccc2)n1. The van der Waals surface area contributed by atoms with Gasteiger partial charge in [-0.05, 0) is 18.1 Å². The molecule has 0 saturated carbocycles. The molecule has 0 spiro atoms. The fourth-order valence-electron chi connectivity index (χ4n) is 1.99. The molecule has 0 aliphatic heterocycles. The third-order valence-corrected chi connectivity index (χ3v) is 3.08. The van der Waals surface area contributed by atoms with Crippen LogP contribution in [0.3, 0.4) is 0 Å². The third-order valence-electron chi connectivity index (χ3n) is 3.08. The lowest BCUT2D eigenvalue weighted by molar-refractivity contribution is 0.198. The molecule has 0 aliphatic carbocycles. The summed E-state index contributed by atoms with van der Waals surface area (Å²) in [6.07, 6.45) is 2.73. The topological polar surface area (TPSA) is 50.3 Å². The van der Waals surface area contributed by atoms with Gasteiger partial charge in [-0.15, -0.1) is 0 Å². The van der Waals surface area contributed by atoms with Crippen LogP contribution in [0.25, 0.3) is 0 Å². The van der Waals surface area contributed by atoms with Gasteiger partial charge >= 0.3 is 0 Å². The van der Waals surface area contributed by atoms with Gasteiger partial charge in [0.25, 0.3) is 0 Å². The molecule has 1 heterocycles. The van der Waals surface area contributed by atoms with Crippen LogP contribution in [0.15, 0.2) is 42.6 Å². The van der Waals surface area contributed by atoms with E-state index < -0.39 is 0 Å². The minimum Gasteiger partial charge on any atom is -0.385 e. The number of anilines is 2. The Labute approximate surface area is 126 Å². The molecule has 0 bridgehead atoms. The van der Waals surface area contributed by atoms with Crippen LogP contribution in [-0.2, 0) is 11.3 Å². The summed E-state index contributed by atoms with van der Waals surface area (Å²) in [6.45, 7) is 2.37. The van der Waals surface area contributed by atoms with Crippen molar-refractivity contribution in [2.45, 2.75) is 13.0 Å². The lowest BCUT2D eigenvalue weighted by atomic mass is 10.2. The van der Waals surface area contributed by atoms with Crippen LogP contribution in [-0.4, -0.2) is 37.3 Å². The molecule has 0 saturated heterocycles. The molecule has 5 heteroatoms. The fraction of sp³-hybridized carbons (Fsp3) is 0.375. The predicted octanol–water partition coefficient (Wildman–Crippen LogP) is 2.56. The molecule has 2 aromatic rings. The summed E-state index contributed by atoms with van der Waals surface area (Å²) >= 11 is 0. The molecule has 112 valence electrons. The van der Waals surface area contributed by atoms with Crippen LogP contribution >= 0.6 is 0 Å². The van der Waals surface area contributed by atoms with Gasteiger partial charge in [0, 0.05) is 40.1 Å². The number of methoxy groups -OCH3 is 1. The Morgan fingerprint density at radius 3 is 2.76 bits per heavy atom. The Morgan fingerprint density at radius 2 is 2.00 bits per heavy atom. The van der Waals surface area contributed by atoms with Gasteiger partial charge in [0.2, 0.25) is 5.95 Å². The van der Waals surface area contributed by atoms with E-state index in [2.05, 4.69) is 27.4 Å². The van der Waals surface area contributed by atoms with Crippen LogP contribution < -0.4 is 10.2 Å². The van der Waals surface area contributed by atoms with Crippen molar-refractivity contribution in [1.29, 1.82) is 0 Å². The molecule has 0 radical (unpaired) electrons. The summed E-state index contributed by atoms with van der Waals surface area (Å²) in [4.78, 5) is 10.9. The van der Waals surface area contributed by atoms with Crippen LogP contribution in [0.5, 0.6) is 0 Å². The van der Waals surface area contributed by atoms with Crippen molar-refractivity contribution in [2.24, 2.45) is 0 Å². The number of hydrogen-bond acceptors (Lipinski definition) is 5. The maximum absolute atomic E-state index is 5.03. The van der Waals surface area contributed by atoms with E-state index in [4.69, 9.17) is 4.74 Å². The van der Waals surface area contributed by atoms with Gasteiger partial charge < -0.3 is 15.0 Å². The van der Waals surface area contributed by atoms with Crippen molar-refractivity contribution in [2.75, 3.05) is 37.5 Å². The normalized spacial score (nSPS) is 10.4. The van der Waals surface area contributed by atoms with Crippen LogP contribution in [0.1, 0.15) is 12.0 Å². The lowest BCUT2D eigenvalue weighted by Gasteiger charge is -2.17. The summed E-state index contributed by atoms with van der Waals surface area (Å²) < 4.78 is 5.03. The Balaban J connectivity index is 1.93. The summed E-state index contributed by atoms with van der Waals surface area (Å²) in [5.41, 5.74) is 1.24. The van der Waals surface area contributed by atoms with E-state index in [9.17, 15) is 0 Å². The average molecular weight is 286 g/mol. The molecular formula is C16H22N4O. The van der Waals surface area contributed by atoms with Gasteiger partial charge in [0.1, 0.15) is 5.82 Å². The van der Waals surface area contributed by atoms with Crippen molar-refractivity contribution in [3.8, 4) is 0 Å². The van der Waals surface area contributed by atoms with Crippen molar-refractivity contribution >= 4 is 11.8 Å². The number of ether oxygens (including phenoxy) is 1. The zero-order valence-electron chi connectivity index (χ0n) is 12.6. The van der Waals surface area contributed by atoms with Gasteiger partial charge in [0.05, 0.1) is 0 Å². The summed E-state index contributed by atoms with van der Waals surface area (Å²) in [5, 5.41) is 3.28. The van der Waals surface area contributed by atoms with E-state index in [1.165, 1.54) is 5.56 Å². The number of rotatable bonds is 8. The Bertz CT molecular complexity index is 533. The highest BCUT2D eigenvalue weighted by molar-refractivity contribution is 5.41. The zero-order valence-corrected chi connectivity index (χ0v) is 12.6. The first-order valence-corrected chi connectivity index (χ1v) is 7.10. The minimum absolute atomic E-state index is 0.718. The molecule has 5 nitrogen and oxygen atoms in total. The summed E-state index contributed by atoms with van der Waals surface area (Å²) in [6, 6.07) is 12.2. The predicted molar refractivity (Wildman–Crippen MR) is 85.6 cm³/mol. The molecule has 1 aromatic heterocycles. The highest BCUT2D eigenvalue weighted by Gasteiger charge is 2.06. The van der Waals surface area contributed by atoms with E-state index in [1.807, 2.05) is 36.2 Å². The first-order chi connectivity index (χ1) is 10.3. The van der Waals surface area contributed by atoms with Crippen LogP contribution in [0, 0.1) is 0 Å². The van der Waals surface area contributed by atoms with E-state index in [0.717, 1.165) is 37.9 Å². The lowest BCUT2D eigenvalue weighted by Crippen LogP contribution is -2.19. The van der Waals surface area contributed by atoms with E-state index in [-0.39, 0.29) is 0 Å². The van der Waals surface area contributed by atoms with Gasteiger partial charge in [-0.3, -0.25) is 0 Å². The van der Waals surface area contributed by atoms with Crippen molar-refractivity contribution < 1.29 is 4.74 Å². The molecule has 0 fully saturated rings. The van der Waals surface area contributed by atoms with Gasteiger partial charge in [-0.25, -0.2) is 4.98 Å². The Morgan fingerprint density at radius 1 is 1.19 bits per heavy atom. The second-order valence-corrected chi connectivity index (χ2v) is 4.86. The quantitative estimate of drug-likeness (QED) is 0.756. The van der Waals surface area contributed by atoms with Crippen molar-refractivity contribution in [3.63, 3.8) is 0 Å². The Hall–Kier alpha value is -2.14. The number of hydrogen-bond donors (Lipinski definition) is 1. The van der Waals surface area contributed by atoms with Crippen LogP contribution in [0.4, 0.5) is 11.8 Å². The fourth-order valence-corrected chi connectivity index (χ4v) is 1.99. The monoisotopic (exact) mass is 286 g/mol. The number of nitrogens with zero attached hydrogens (tertiary/aromatic N) is 3. The van der Waals surface area contributed by atoms with Gasteiger partial charge in [0.15, 0.2) is 0 Å². The second-order valence-electron chi connectivity index (χ2n) is 4.86. The van der Waals surface area contributed by atoms with Crippen molar-refractivity contribution in [1.82, 2.24) is 9.97 Å². The Kier molecular flexibility index (Phi) is 5.97. The molecule has 0 amide bonds. The van der Waals surface area contributed by atoms with Gasteiger partial charge in [-0.1, -0.05) is 30.3 Å². The molecule has 21 heavy (non-hydrogen) atoms. The molecule has 0 atom stereocenters. The highest BCUT2D eigenvalue weighted by Crippen LogP contribution is 2.12. The number of nitrogens with one attached hydrogen (secondary N) is 1. The molecule has 1 N–H and O–H groups in total. The smallest absolute Gasteiger partial charge is 0.227 e. The molecule has 1 aromatic carbocycles.